The summed E-state index contributed by atoms with van der Waals surface area (Å²) in [5, 5.41) is 78.9. The highest BCUT2D eigenvalue weighted by Gasteiger charge is 2.81. The summed E-state index contributed by atoms with van der Waals surface area (Å²) >= 11 is 0. The van der Waals surface area contributed by atoms with Crippen LogP contribution in [0.15, 0.2) is 48.1 Å². The lowest BCUT2D eigenvalue weighted by Gasteiger charge is -2.68. The number of aliphatic hydroxyl groups is 7. The highest BCUT2D eigenvalue weighted by molar-refractivity contribution is 5.87. The van der Waals surface area contributed by atoms with Gasteiger partial charge in [-0.3, -0.25) is 9.59 Å². The van der Waals surface area contributed by atoms with Gasteiger partial charge in [-0.1, -0.05) is 55.8 Å². The van der Waals surface area contributed by atoms with Gasteiger partial charge in [0.25, 0.3) is 0 Å². The van der Waals surface area contributed by atoms with Gasteiger partial charge < -0.3 is 97.3 Å². The van der Waals surface area contributed by atoms with Crippen molar-refractivity contribution in [3.05, 3.63) is 53.6 Å². The number of fused-ring (bicyclic) bond motifs is 5. The minimum Gasteiger partial charge on any atom is -0.458 e. The molecule has 0 amide bonds. The van der Waals surface area contributed by atoms with Crippen LogP contribution in [0.2, 0.25) is 0 Å². The molecule has 9 rings (SSSR count). The van der Waals surface area contributed by atoms with Crippen LogP contribution >= 0.6 is 0 Å². The molecule has 82 heavy (non-hydrogen) atoms. The van der Waals surface area contributed by atoms with Gasteiger partial charge in [-0.25, -0.2) is 4.79 Å². The number of methoxy groups -OCH3 is 3. The van der Waals surface area contributed by atoms with Crippen LogP contribution in [0.5, 0.6) is 0 Å². The second-order valence-electron chi connectivity index (χ2n) is 24.2. The fraction of sp³-hybridized carbons (Fsp3) is 0.780. The lowest BCUT2D eigenvalue weighted by Crippen LogP contribution is -2.80. The Morgan fingerprint density at radius 2 is 1.29 bits per heavy atom. The molecule has 4 aliphatic carbocycles. The molecular formula is C59H86O23. The highest BCUT2D eigenvalue weighted by Crippen LogP contribution is 2.70. The van der Waals surface area contributed by atoms with Gasteiger partial charge in [0.15, 0.2) is 25.2 Å². The number of hydrogen-bond donors (Lipinski definition) is 7. The minimum absolute atomic E-state index is 0.0239. The summed E-state index contributed by atoms with van der Waals surface area (Å²) in [6.07, 6.45) is -14.6. The maximum Gasteiger partial charge on any atom is 0.331 e. The molecule has 3 saturated carbocycles. The Kier molecular flexibility index (Phi) is 19.3. The number of ketones is 1. The Labute approximate surface area is 478 Å². The van der Waals surface area contributed by atoms with Gasteiger partial charge in [0.2, 0.25) is 0 Å². The van der Waals surface area contributed by atoms with Crippen LogP contribution in [0.4, 0.5) is 0 Å². The molecule has 460 valence electrons. The molecule has 4 heterocycles. The minimum atomic E-state index is -1.92. The summed E-state index contributed by atoms with van der Waals surface area (Å²) in [7, 11) is 4.46. The van der Waals surface area contributed by atoms with Gasteiger partial charge in [0, 0.05) is 64.4 Å². The molecule has 23 heteroatoms. The van der Waals surface area contributed by atoms with Gasteiger partial charge in [-0.05, 0) is 83.3 Å². The Morgan fingerprint density at radius 1 is 0.683 bits per heavy atom. The van der Waals surface area contributed by atoms with Gasteiger partial charge in [0.05, 0.1) is 43.2 Å². The Hall–Kier alpha value is -3.41. The average Bonchev–Trinajstić information content (AvgIpc) is 3.11. The van der Waals surface area contributed by atoms with Crippen molar-refractivity contribution in [1.82, 2.24) is 0 Å². The molecule has 1 aromatic carbocycles. The van der Waals surface area contributed by atoms with E-state index in [1.807, 2.05) is 50.3 Å². The van der Waals surface area contributed by atoms with Crippen molar-refractivity contribution in [2.75, 3.05) is 27.9 Å². The maximum atomic E-state index is 14.0. The molecule has 7 N–H and O–H groups in total. The quantitative estimate of drug-likeness (QED) is 0.0666. The predicted octanol–water partition coefficient (Wildman–Crippen LogP) is 1.92. The second kappa shape index (κ2) is 25.1. The molecule has 4 aliphatic heterocycles. The number of rotatable bonds is 17. The van der Waals surface area contributed by atoms with E-state index in [-0.39, 0.29) is 37.6 Å². The van der Waals surface area contributed by atoms with Crippen molar-refractivity contribution in [3.8, 4) is 0 Å². The van der Waals surface area contributed by atoms with Crippen molar-refractivity contribution < 1.29 is 112 Å². The van der Waals surface area contributed by atoms with Crippen LogP contribution in [0.1, 0.15) is 105 Å². The number of Topliss-reactive ketones (excluding diaryl/α,β-unsaturated/α-hetero) is 1. The van der Waals surface area contributed by atoms with E-state index < -0.39 is 175 Å². The molecule has 8 aliphatic rings. The molecule has 0 radical (unpaired) electrons. The van der Waals surface area contributed by atoms with E-state index in [1.165, 1.54) is 34.1 Å². The van der Waals surface area contributed by atoms with E-state index in [2.05, 4.69) is 0 Å². The van der Waals surface area contributed by atoms with E-state index in [4.69, 9.17) is 61.6 Å². The van der Waals surface area contributed by atoms with Gasteiger partial charge in [-0.2, -0.15) is 0 Å². The van der Waals surface area contributed by atoms with Crippen LogP contribution < -0.4 is 0 Å². The summed E-state index contributed by atoms with van der Waals surface area (Å²) in [6, 6.07) is 9.19. The molecule has 0 unspecified atom stereocenters. The Bertz CT molecular complexity index is 2440. The monoisotopic (exact) mass is 1160 g/mol. The molecular weight excluding hydrogens is 1080 g/mol. The smallest absolute Gasteiger partial charge is 0.331 e. The van der Waals surface area contributed by atoms with Crippen molar-refractivity contribution in [3.63, 3.8) is 0 Å². The van der Waals surface area contributed by atoms with E-state index in [0.717, 1.165) is 11.1 Å². The topological polar surface area (TPSA) is 313 Å². The Morgan fingerprint density at radius 3 is 1.90 bits per heavy atom. The largest absolute Gasteiger partial charge is 0.458 e. The SMILES string of the molecule is CO[C@@H]1[C@@H](O)[C@H](O[C@@H]2[C@@H](C)O[C@@H](O[C@H]3[C@@H](OC)C[C@H](O[C@H]4CC[C@@]5(C)C(=CC[C@]6(O)[C@H]5[C@H](OC(=O)/C=C/c5ccccc5)[C@H](OC(C)=O)[C@]5(C)[C@@H](C(C)=O)CC[C@@]56O)C4)O[C@@H]3C)C[C@H]2OC)O[C@H](C)[C@H]1O[C@@H]1O[C@H](CO)[C@H](O)[C@@H](O)[C@H]1O. The number of esters is 2. The first kappa shape index (κ1) is 63.1. The van der Waals surface area contributed by atoms with Gasteiger partial charge in [0.1, 0.15) is 84.1 Å². The van der Waals surface area contributed by atoms with E-state index in [9.17, 15) is 50.1 Å². The Balaban J connectivity index is 0.848. The number of hydrogen-bond acceptors (Lipinski definition) is 23. The lowest BCUT2D eigenvalue weighted by molar-refractivity contribution is -0.373. The van der Waals surface area contributed by atoms with Crippen molar-refractivity contribution in [2.24, 2.45) is 22.7 Å². The van der Waals surface area contributed by atoms with Crippen molar-refractivity contribution in [1.29, 1.82) is 0 Å². The first-order valence-corrected chi connectivity index (χ1v) is 28.8. The van der Waals surface area contributed by atoms with Gasteiger partial charge >= 0.3 is 11.9 Å². The maximum absolute atomic E-state index is 14.0. The number of benzene rings is 1. The van der Waals surface area contributed by atoms with Crippen molar-refractivity contribution >= 4 is 23.8 Å². The average molecular weight is 1160 g/mol. The summed E-state index contributed by atoms with van der Waals surface area (Å²) < 4.78 is 80.6. The van der Waals surface area contributed by atoms with E-state index in [0.29, 0.717) is 25.7 Å². The van der Waals surface area contributed by atoms with E-state index in [1.54, 1.807) is 34.0 Å². The summed E-state index contributed by atoms with van der Waals surface area (Å²) in [5.41, 5.74) is -4.60. The van der Waals surface area contributed by atoms with Crippen LogP contribution in [0.25, 0.3) is 6.08 Å². The summed E-state index contributed by atoms with van der Waals surface area (Å²) in [5.74, 6) is -3.44. The standard InChI is InChI=1S/C59H86O23/c1-28(61)36-20-23-59(69)57(36,7)53(76-32(5)62)51(79-40(63)17-16-33-14-12-11-13-15-33)52-56(6)21-19-35(24-34(56)18-22-58(52,59)68)77-41-25-37(70-8)47(29(2)73-41)80-42-26-38(71-9)48(30(3)74-42)81-55-46(67)50(72-10)49(31(4)75-55)82-54-45(66)44(65)43(64)39(27-60)78-54/h11-18,29-31,35-39,41-55,60,64-69H,19-27H2,1-10H3/b17-16+/t29-,30-,31-,35+,36-,37+,38-,39-,41+,42+,43+,44-,45-,46-,47-,48-,49-,50-,51+,52+,53+,54+,55+,56+,57+,58+,59-/m1/s1. The van der Waals surface area contributed by atoms with Crippen LogP contribution in [-0.2, 0) is 76.0 Å². The fourth-order valence-corrected chi connectivity index (χ4v) is 15.3. The third kappa shape index (κ3) is 11.4. The normalized spacial score (nSPS) is 47.6. The molecule has 0 aromatic heterocycles. The molecule has 1 aromatic rings. The molecule has 27 atom stereocenters. The first-order valence-electron chi connectivity index (χ1n) is 28.8. The number of carbonyl (C=O) groups excluding carboxylic acids is 3. The third-order valence-electron chi connectivity index (χ3n) is 19.6. The fourth-order valence-electron chi connectivity index (χ4n) is 15.3. The van der Waals surface area contributed by atoms with Crippen molar-refractivity contribution in [2.45, 2.75) is 240 Å². The first-order chi connectivity index (χ1) is 38.9. The summed E-state index contributed by atoms with van der Waals surface area (Å²) in [6.45, 7) is 11.0. The predicted molar refractivity (Wildman–Crippen MR) is 284 cm³/mol. The molecule has 0 spiro atoms. The molecule has 4 saturated heterocycles. The molecule has 23 nitrogen and oxygen atoms in total. The zero-order valence-electron chi connectivity index (χ0n) is 48.4. The van der Waals surface area contributed by atoms with Crippen LogP contribution in [-0.4, -0.2) is 222 Å². The van der Waals surface area contributed by atoms with Gasteiger partial charge in [-0.15, -0.1) is 0 Å². The zero-order chi connectivity index (χ0) is 59.4. The van der Waals surface area contributed by atoms with Crippen LogP contribution in [0.3, 0.4) is 0 Å². The number of carbonyl (C=O) groups is 3. The molecule has 0 bridgehead atoms. The second-order valence-corrected chi connectivity index (χ2v) is 24.2. The summed E-state index contributed by atoms with van der Waals surface area (Å²) in [4.78, 5) is 40.5. The lowest BCUT2D eigenvalue weighted by atomic mass is 9.42. The van der Waals surface area contributed by atoms with E-state index >= 15 is 0 Å². The third-order valence-corrected chi connectivity index (χ3v) is 19.6. The number of aliphatic hydroxyl groups excluding tert-OH is 5. The zero-order valence-corrected chi connectivity index (χ0v) is 48.4. The highest BCUT2D eigenvalue weighted by atomic mass is 16.8. The molecule has 7 fully saturated rings. The van der Waals surface area contributed by atoms with Crippen LogP contribution in [0, 0.1) is 22.7 Å². The number of ether oxygens (including phenoxy) is 13.